The topological polar surface area (TPSA) is 67.3 Å². The molecule has 26 heavy (non-hydrogen) atoms. The van der Waals surface area contributed by atoms with Crippen LogP contribution in [0, 0.1) is 11.8 Å². The van der Waals surface area contributed by atoms with Crippen molar-refractivity contribution in [1.82, 2.24) is 15.1 Å². The number of methoxy groups -OCH3 is 1. The van der Waals surface area contributed by atoms with Crippen molar-refractivity contribution >= 4 is 39.8 Å². The summed E-state index contributed by atoms with van der Waals surface area (Å²) >= 11 is 2.91. The van der Waals surface area contributed by atoms with Crippen molar-refractivity contribution in [3.05, 3.63) is 24.3 Å². The zero-order valence-electron chi connectivity index (χ0n) is 15.3. The van der Waals surface area contributed by atoms with Crippen molar-refractivity contribution in [3.8, 4) is 5.75 Å². The number of aromatic nitrogens is 2. The van der Waals surface area contributed by atoms with E-state index in [2.05, 4.69) is 29.4 Å². The minimum atomic E-state index is 0.188. The Bertz CT molecular complexity index is 725. The fourth-order valence-corrected chi connectivity index (χ4v) is 4.87. The Kier molecular flexibility index (Phi) is 6.37. The van der Waals surface area contributed by atoms with Crippen LogP contribution >= 0.6 is 23.1 Å². The third kappa shape index (κ3) is 5.11. The number of benzene rings is 1. The molecule has 0 spiro atoms. The summed E-state index contributed by atoms with van der Waals surface area (Å²) in [5.74, 6) is 2.57. The Morgan fingerprint density at radius 1 is 1.27 bits per heavy atom. The van der Waals surface area contributed by atoms with Gasteiger partial charge in [-0.05, 0) is 42.5 Å². The van der Waals surface area contributed by atoms with E-state index in [1.807, 2.05) is 29.2 Å². The van der Waals surface area contributed by atoms with Gasteiger partial charge in [0.1, 0.15) is 5.75 Å². The monoisotopic (exact) mass is 392 g/mol. The highest BCUT2D eigenvalue weighted by molar-refractivity contribution is 8.01. The first kappa shape index (κ1) is 19.0. The standard InChI is InChI=1S/C18H24N4O2S2/c1-12-8-13(2)10-22(9-12)16(23)11-25-18-21-20-17(26-18)19-14-4-6-15(24-3)7-5-14/h4-7,12-13H,8-11H2,1-3H3,(H,19,20)/t12-,13-/m0/s1. The smallest absolute Gasteiger partial charge is 0.233 e. The molecule has 1 aromatic carbocycles. The van der Waals surface area contributed by atoms with Crippen molar-refractivity contribution < 1.29 is 9.53 Å². The molecule has 2 aromatic rings. The second kappa shape index (κ2) is 8.73. The minimum Gasteiger partial charge on any atom is -0.497 e. The molecule has 1 amide bonds. The molecule has 2 heterocycles. The van der Waals surface area contributed by atoms with Gasteiger partial charge in [0.25, 0.3) is 0 Å². The van der Waals surface area contributed by atoms with Gasteiger partial charge in [0, 0.05) is 18.8 Å². The Balaban J connectivity index is 1.50. The third-order valence-electron chi connectivity index (χ3n) is 4.29. The summed E-state index contributed by atoms with van der Waals surface area (Å²) in [4.78, 5) is 14.4. The summed E-state index contributed by atoms with van der Waals surface area (Å²) in [6, 6.07) is 7.63. The predicted octanol–water partition coefficient (Wildman–Crippen LogP) is 3.89. The van der Waals surface area contributed by atoms with Gasteiger partial charge in [-0.1, -0.05) is 36.9 Å². The van der Waals surface area contributed by atoms with Crippen molar-refractivity contribution in [3.63, 3.8) is 0 Å². The average molecular weight is 393 g/mol. The van der Waals surface area contributed by atoms with Gasteiger partial charge < -0.3 is 15.0 Å². The van der Waals surface area contributed by atoms with E-state index in [1.165, 1.54) is 29.5 Å². The van der Waals surface area contributed by atoms with Crippen molar-refractivity contribution in [2.75, 3.05) is 31.3 Å². The van der Waals surface area contributed by atoms with Crippen molar-refractivity contribution in [2.24, 2.45) is 11.8 Å². The van der Waals surface area contributed by atoms with E-state index in [0.29, 0.717) is 22.7 Å². The first-order chi connectivity index (χ1) is 12.5. The molecular weight excluding hydrogens is 368 g/mol. The molecule has 0 bridgehead atoms. The Hall–Kier alpha value is -1.80. The van der Waals surface area contributed by atoms with Gasteiger partial charge in [0.05, 0.1) is 12.9 Å². The Morgan fingerprint density at radius 2 is 1.96 bits per heavy atom. The summed E-state index contributed by atoms with van der Waals surface area (Å²) in [6.45, 7) is 6.16. The number of ether oxygens (including phenoxy) is 1. The second-order valence-corrected chi connectivity index (χ2v) is 8.96. The highest BCUT2D eigenvalue weighted by Gasteiger charge is 2.25. The van der Waals surface area contributed by atoms with E-state index in [4.69, 9.17) is 4.74 Å². The molecular formula is C18H24N4O2S2. The number of carbonyl (C=O) groups excluding carboxylic acids is 1. The molecule has 0 unspecified atom stereocenters. The summed E-state index contributed by atoms with van der Waals surface area (Å²) in [5, 5.41) is 12.2. The lowest BCUT2D eigenvalue weighted by Crippen LogP contribution is -2.43. The number of rotatable bonds is 6. The van der Waals surface area contributed by atoms with E-state index < -0.39 is 0 Å². The molecule has 0 radical (unpaired) electrons. The Morgan fingerprint density at radius 3 is 2.62 bits per heavy atom. The molecule has 1 saturated heterocycles. The van der Waals surface area contributed by atoms with Crippen LogP contribution in [-0.2, 0) is 4.79 Å². The maximum atomic E-state index is 12.5. The van der Waals surface area contributed by atoms with Crippen molar-refractivity contribution in [2.45, 2.75) is 24.6 Å². The zero-order valence-corrected chi connectivity index (χ0v) is 16.9. The first-order valence-corrected chi connectivity index (χ1v) is 10.5. The Labute approximate surface area is 162 Å². The SMILES string of the molecule is COc1ccc(Nc2nnc(SCC(=O)N3C[C@@H](C)C[C@H](C)C3)s2)cc1. The van der Waals surface area contributed by atoms with E-state index >= 15 is 0 Å². The first-order valence-electron chi connectivity index (χ1n) is 8.68. The minimum absolute atomic E-state index is 0.188. The second-order valence-electron chi connectivity index (χ2n) is 6.76. The van der Waals surface area contributed by atoms with Gasteiger partial charge in [0.15, 0.2) is 4.34 Å². The molecule has 0 saturated carbocycles. The molecule has 3 rings (SSSR count). The van der Waals surface area contributed by atoms with E-state index in [0.717, 1.165) is 28.9 Å². The van der Waals surface area contributed by atoms with Crippen LogP contribution in [-0.4, -0.2) is 47.0 Å². The van der Waals surface area contributed by atoms with Gasteiger partial charge >= 0.3 is 0 Å². The van der Waals surface area contributed by atoms with Gasteiger partial charge in [0.2, 0.25) is 11.0 Å². The van der Waals surface area contributed by atoms with Crippen LogP contribution in [0.5, 0.6) is 5.75 Å². The van der Waals surface area contributed by atoms with Crippen LogP contribution in [0.15, 0.2) is 28.6 Å². The summed E-state index contributed by atoms with van der Waals surface area (Å²) in [5.41, 5.74) is 0.922. The number of amides is 1. The maximum Gasteiger partial charge on any atom is 0.233 e. The van der Waals surface area contributed by atoms with E-state index in [9.17, 15) is 4.79 Å². The third-order valence-corrected chi connectivity index (χ3v) is 6.25. The number of carbonyl (C=O) groups is 1. The highest BCUT2D eigenvalue weighted by atomic mass is 32.2. The lowest BCUT2D eigenvalue weighted by molar-refractivity contribution is -0.130. The molecule has 2 atom stereocenters. The molecule has 1 aliphatic heterocycles. The number of likely N-dealkylation sites (tertiary alicyclic amines) is 1. The van der Waals surface area contributed by atoms with Gasteiger partial charge in [-0.3, -0.25) is 4.79 Å². The number of hydrogen-bond acceptors (Lipinski definition) is 7. The summed E-state index contributed by atoms with van der Waals surface area (Å²) in [7, 11) is 1.64. The van der Waals surface area contributed by atoms with Crippen LogP contribution in [0.3, 0.4) is 0 Å². The quantitative estimate of drug-likeness (QED) is 0.753. The van der Waals surface area contributed by atoms with Crippen LogP contribution in [0.25, 0.3) is 0 Å². The summed E-state index contributed by atoms with van der Waals surface area (Å²) in [6.07, 6.45) is 1.20. The molecule has 1 N–H and O–H groups in total. The van der Waals surface area contributed by atoms with E-state index in [-0.39, 0.29) is 5.91 Å². The molecule has 6 nitrogen and oxygen atoms in total. The normalized spacial score (nSPS) is 20.0. The largest absolute Gasteiger partial charge is 0.497 e. The van der Waals surface area contributed by atoms with Crippen molar-refractivity contribution in [1.29, 1.82) is 0 Å². The molecule has 140 valence electrons. The lowest BCUT2D eigenvalue weighted by atomic mass is 9.92. The number of thioether (sulfide) groups is 1. The van der Waals surface area contributed by atoms with Crippen LogP contribution in [0.1, 0.15) is 20.3 Å². The number of piperidine rings is 1. The fraction of sp³-hybridized carbons (Fsp3) is 0.500. The summed E-state index contributed by atoms with van der Waals surface area (Å²) < 4.78 is 5.95. The molecule has 1 aliphatic rings. The zero-order chi connectivity index (χ0) is 18.5. The molecule has 1 fully saturated rings. The van der Waals surface area contributed by atoms with Gasteiger partial charge in [-0.2, -0.15) is 0 Å². The number of nitrogens with one attached hydrogen (secondary N) is 1. The van der Waals surface area contributed by atoms with Crippen LogP contribution in [0.2, 0.25) is 0 Å². The molecule has 0 aliphatic carbocycles. The maximum absolute atomic E-state index is 12.5. The van der Waals surface area contributed by atoms with E-state index in [1.54, 1.807) is 7.11 Å². The molecule has 1 aromatic heterocycles. The lowest BCUT2D eigenvalue weighted by Gasteiger charge is -2.34. The van der Waals surface area contributed by atoms with Gasteiger partial charge in [-0.25, -0.2) is 0 Å². The number of anilines is 2. The number of hydrogen-bond donors (Lipinski definition) is 1. The highest BCUT2D eigenvalue weighted by Crippen LogP contribution is 2.29. The fourth-order valence-electron chi connectivity index (χ4n) is 3.20. The predicted molar refractivity (Wildman–Crippen MR) is 106 cm³/mol. The average Bonchev–Trinajstić information content (AvgIpc) is 3.07. The molecule has 8 heteroatoms. The van der Waals surface area contributed by atoms with Crippen LogP contribution in [0.4, 0.5) is 10.8 Å². The van der Waals surface area contributed by atoms with Crippen LogP contribution < -0.4 is 10.1 Å². The number of nitrogens with zero attached hydrogens (tertiary/aromatic N) is 3. The van der Waals surface area contributed by atoms with Gasteiger partial charge in [-0.15, -0.1) is 10.2 Å².